The third kappa shape index (κ3) is 4.94. The summed E-state index contributed by atoms with van der Waals surface area (Å²) in [6.07, 6.45) is 1.67. The first kappa shape index (κ1) is 21.1. The average molecular weight is 479 g/mol. The van der Waals surface area contributed by atoms with Gasteiger partial charge in [0.15, 0.2) is 0 Å². The lowest BCUT2D eigenvalue weighted by atomic mass is 10.1. The summed E-state index contributed by atoms with van der Waals surface area (Å²) in [7, 11) is 0. The molecule has 1 saturated heterocycles. The summed E-state index contributed by atoms with van der Waals surface area (Å²) in [5.41, 5.74) is 2.92. The Hall–Kier alpha value is -3.19. The van der Waals surface area contributed by atoms with Gasteiger partial charge in [-0.15, -0.1) is 0 Å². The molecule has 0 bridgehead atoms. The number of hydrogen-bond acceptors (Lipinski definition) is 4. The van der Waals surface area contributed by atoms with Crippen LogP contribution in [0.25, 0.3) is 0 Å². The summed E-state index contributed by atoms with van der Waals surface area (Å²) >= 11 is 3.42. The minimum absolute atomic E-state index is 0.0446. The molecule has 1 aromatic heterocycles. The van der Waals surface area contributed by atoms with Crippen molar-refractivity contribution in [3.63, 3.8) is 0 Å². The van der Waals surface area contributed by atoms with Gasteiger partial charge in [-0.05, 0) is 48.9 Å². The highest BCUT2D eigenvalue weighted by Crippen LogP contribution is 2.19. The lowest BCUT2D eigenvalue weighted by Gasteiger charge is -2.35. The molecule has 0 spiro atoms. The third-order valence-corrected chi connectivity index (χ3v) is 5.85. The number of anilines is 2. The number of benzene rings is 2. The number of rotatable bonds is 4. The molecular formula is C24H23BrN4O2. The molecule has 31 heavy (non-hydrogen) atoms. The average Bonchev–Trinajstić information content (AvgIpc) is 2.79. The Morgan fingerprint density at radius 1 is 0.968 bits per heavy atom. The number of nitrogens with zero attached hydrogens (tertiary/aromatic N) is 3. The molecule has 0 saturated carbocycles. The Morgan fingerprint density at radius 2 is 1.74 bits per heavy atom. The van der Waals surface area contributed by atoms with Crippen LogP contribution in [0, 0.1) is 6.92 Å². The number of carbonyl (C=O) groups is 2. The Balaban J connectivity index is 1.35. The monoisotopic (exact) mass is 478 g/mol. The minimum Gasteiger partial charge on any atom is -0.353 e. The van der Waals surface area contributed by atoms with Crippen LogP contribution in [-0.2, 0) is 0 Å². The van der Waals surface area contributed by atoms with Crippen molar-refractivity contribution >= 4 is 39.2 Å². The first-order valence-corrected chi connectivity index (χ1v) is 10.9. The van der Waals surface area contributed by atoms with Gasteiger partial charge in [0.25, 0.3) is 11.8 Å². The second-order valence-electron chi connectivity index (χ2n) is 7.46. The van der Waals surface area contributed by atoms with Crippen molar-refractivity contribution in [1.82, 2.24) is 9.88 Å². The number of carbonyl (C=O) groups excluding carboxylic acids is 2. The summed E-state index contributed by atoms with van der Waals surface area (Å²) in [5, 5.41) is 2.90. The second-order valence-corrected chi connectivity index (χ2v) is 8.38. The molecule has 1 aliphatic heterocycles. The van der Waals surface area contributed by atoms with Crippen LogP contribution in [0.15, 0.2) is 71.3 Å². The molecule has 0 radical (unpaired) electrons. The minimum atomic E-state index is -0.146. The lowest BCUT2D eigenvalue weighted by molar-refractivity contribution is 0.0746. The normalized spacial score (nSPS) is 13.7. The van der Waals surface area contributed by atoms with Crippen LogP contribution in [0.2, 0.25) is 0 Å². The fourth-order valence-corrected chi connectivity index (χ4v) is 4.02. The maximum absolute atomic E-state index is 12.7. The Kier molecular flexibility index (Phi) is 6.32. The Labute approximate surface area is 190 Å². The van der Waals surface area contributed by atoms with Crippen molar-refractivity contribution in [2.75, 3.05) is 36.4 Å². The number of halogens is 1. The topological polar surface area (TPSA) is 65.5 Å². The van der Waals surface area contributed by atoms with E-state index < -0.39 is 0 Å². The zero-order chi connectivity index (χ0) is 21.8. The molecule has 0 atom stereocenters. The molecule has 3 aromatic rings. The van der Waals surface area contributed by atoms with E-state index in [1.165, 1.54) is 0 Å². The molecule has 6 nitrogen and oxygen atoms in total. The van der Waals surface area contributed by atoms with E-state index in [0.29, 0.717) is 43.0 Å². The molecule has 2 amide bonds. The zero-order valence-electron chi connectivity index (χ0n) is 17.2. The van der Waals surface area contributed by atoms with E-state index in [0.717, 1.165) is 15.9 Å². The van der Waals surface area contributed by atoms with Crippen molar-refractivity contribution in [1.29, 1.82) is 0 Å². The van der Waals surface area contributed by atoms with E-state index in [2.05, 4.69) is 31.1 Å². The smallest absolute Gasteiger partial charge is 0.255 e. The predicted molar refractivity (Wildman–Crippen MR) is 126 cm³/mol. The maximum atomic E-state index is 12.7. The number of nitrogens with one attached hydrogen (secondary N) is 1. The van der Waals surface area contributed by atoms with Crippen molar-refractivity contribution < 1.29 is 9.59 Å². The van der Waals surface area contributed by atoms with E-state index in [4.69, 9.17) is 0 Å². The molecule has 2 heterocycles. The number of pyridine rings is 1. The Morgan fingerprint density at radius 3 is 2.42 bits per heavy atom. The van der Waals surface area contributed by atoms with Crippen LogP contribution < -0.4 is 10.2 Å². The van der Waals surface area contributed by atoms with Gasteiger partial charge in [-0.1, -0.05) is 40.2 Å². The van der Waals surface area contributed by atoms with E-state index in [-0.39, 0.29) is 11.8 Å². The van der Waals surface area contributed by atoms with Gasteiger partial charge >= 0.3 is 0 Å². The molecule has 2 aromatic carbocycles. The number of amides is 2. The quantitative estimate of drug-likeness (QED) is 0.604. The van der Waals surface area contributed by atoms with Crippen molar-refractivity contribution in [3.05, 3.63) is 88.0 Å². The summed E-state index contributed by atoms with van der Waals surface area (Å²) in [6.45, 7) is 4.61. The molecule has 1 aliphatic rings. The molecular weight excluding hydrogens is 456 g/mol. The van der Waals surface area contributed by atoms with Gasteiger partial charge in [0, 0.05) is 41.8 Å². The van der Waals surface area contributed by atoms with E-state index in [9.17, 15) is 9.59 Å². The molecule has 0 unspecified atom stereocenters. The lowest BCUT2D eigenvalue weighted by Crippen LogP contribution is -2.49. The zero-order valence-corrected chi connectivity index (χ0v) is 18.8. The van der Waals surface area contributed by atoms with Gasteiger partial charge in [0.2, 0.25) is 0 Å². The summed E-state index contributed by atoms with van der Waals surface area (Å²) in [6, 6.07) is 18.7. The van der Waals surface area contributed by atoms with Gasteiger partial charge in [0.1, 0.15) is 5.82 Å². The van der Waals surface area contributed by atoms with Gasteiger partial charge in [-0.2, -0.15) is 0 Å². The van der Waals surface area contributed by atoms with Gasteiger partial charge in [0.05, 0.1) is 11.9 Å². The summed E-state index contributed by atoms with van der Waals surface area (Å²) in [5.74, 6) is 0.735. The van der Waals surface area contributed by atoms with E-state index >= 15 is 0 Å². The largest absolute Gasteiger partial charge is 0.353 e. The molecule has 0 aliphatic carbocycles. The Bertz CT molecular complexity index is 1090. The maximum Gasteiger partial charge on any atom is 0.255 e. The standard InChI is InChI=1S/C24H23BrN4O2/c1-17-5-2-3-8-21(17)23(30)27-20-9-10-22(26-16-20)28-11-13-29(14-12-28)24(31)18-6-4-7-19(25)15-18/h2-10,15-16H,11-14H2,1H3,(H,27,30). The van der Waals surface area contributed by atoms with E-state index in [1.54, 1.807) is 12.3 Å². The molecule has 1 fully saturated rings. The highest BCUT2D eigenvalue weighted by molar-refractivity contribution is 9.10. The SMILES string of the molecule is Cc1ccccc1C(=O)Nc1ccc(N2CCN(C(=O)c3cccc(Br)c3)CC2)nc1. The van der Waals surface area contributed by atoms with Crippen LogP contribution in [-0.4, -0.2) is 47.9 Å². The van der Waals surface area contributed by atoms with Crippen LogP contribution in [0.3, 0.4) is 0 Å². The number of aryl methyl sites for hydroxylation is 1. The van der Waals surface area contributed by atoms with Crippen LogP contribution in [0.4, 0.5) is 11.5 Å². The second kappa shape index (κ2) is 9.31. The van der Waals surface area contributed by atoms with E-state index in [1.807, 2.05) is 66.4 Å². The van der Waals surface area contributed by atoms with Gasteiger partial charge in [-0.3, -0.25) is 9.59 Å². The fraction of sp³-hybridized carbons (Fsp3) is 0.208. The number of hydrogen-bond donors (Lipinski definition) is 1. The van der Waals surface area contributed by atoms with Crippen LogP contribution in [0.1, 0.15) is 26.3 Å². The summed E-state index contributed by atoms with van der Waals surface area (Å²) < 4.78 is 0.899. The molecule has 4 rings (SSSR count). The fourth-order valence-electron chi connectivity index (χ4n) is 3.62. The van der Waals surface area contributed by atoms with Crippen molar-refractivity contribution in [2.24, 2.45) is 0 Å². The van der Waals surface area contributed by atoms with Crippen LogP contribution in [0.5, 0.6) is 0 Å². The first-order valence-electron chi connectivity index (χ1n) is 10.1. The number of piperazine rings is 1. The molecule has 1 N–H and O–H groups in total. The van der Waals surface area contributed by atoms with Crippen LogP contribution >= 0.6 is 15.9 Å². The highest BCUT2D eigenvalue weighted by Gasteiger charge is 2.23. The first-order chi connectivity index (χ1) is 15.0. The van der Waals surface area contributed by atoms with Crippen molar-refractivity contribution in [2.45, 2.75) is 6.92 Å². The summed E-state index contributed by atoms with van der Waals surface area (Å²) in [4.78, 5) is 33.7. The number of aromatic nitrogens is 1. The third-order valence-electron chi connectivity index (χ3n) is 5.36. The van der Waals surface area contributed by atoms with Gasteiger partial charge < -0.3 is 15.1 Å². The highest BCUT2D eigenvalue weighted by atomic mass is 79.9. The molecule has 7 heteroatoms. The van der Waals surface area contributed by atoms with Gasteiger partial charge in [-0.25, -0.2) is 4.98 Å². The predicted octanol–water partition coefficient (Wildman–Crippen LogP) is 4.37. The molecule has 158 valence electrons. The van der Waals surface area contributed by atoms with Crippen molar-refractivity contribution in [3.8, 4) is 0 Å².